The van der Waals surface area contributed by atoms with Crippen molar-refractivity contribution in [3.05, 3.63) is 29.8 Å². The van der Waals surface area contributed by atoms with Gasteiger partial charge in [-0.2, -0.15) is 0 Å². The van der Waals surface area contributed by atoms with Gasteiger partial charge in [0.1, 0.15) is 36.3 Å². The number of para-hydroxylation sites is 1. The van der Waals surface area contributed by atoms with Gasteiger partial charge in [0.2, 0.25) is 0 Å². The van der Waals surface area contributed by atoms with Gasteiger partial charge in [0, 0.05) is 5.56 Å². The van der Waals surface area contributed by atoms with Crippen LogP contribution in [0.5, 0.6) is 5.75 Å². The zero-order valence-corrected chi connectivity index (χ0v) is 15.5. The molecule has 0 radical (unpaired) electrons. The molecule has 0 saturated carbocycles. The number of hydrogen-bond donors (Lipinski definition) is 4. The summed E-state index contributed by atoms with van der Waals surface area (Å²) in [5.74, 6) is 0.588. The van der Waals surface area contributed by atoms with Crippen molar-refractivity contribution in [2.45, 2.75) is 76.0 Å². The maximum Gasteiger partial charge on any atom is 0.125 e. The average molecular weight is 368 g/mol. The van der Waals surface area contributed by atoms with Crippen LogP contribution >= 0.6 is 0 Å². The number of aliphatic hydroxyl groups is 4. The molecule has 6 nitrogen and oxygen atoms in total. The predicted octanol–water partition coefficient (Wildman–Crippen LogP) is 1.94. The highest BCUT2D eigenvalue weighted by molar-refractivity contribution is 5.36. The maximum atomic E-state index is 10.3. The molecule has 1 fully saturated rings. The van der Waals surface area contributed by atoms with Crippen LogP contribution in [0.4, 0.5) is 0 Å². The molecule has 1 aliphatic heterocycles. The molecule has 0 spiro atoms. The molecule has 148 valence electrons. The molecule has 2 rings (SSSR count). The summed E-state index contributed by atoms with van der Waals surface area (Å²) in [6.45, 7) is 2.32. The first-order valence-electron chi connectivity index (χ1n) is 9.62. The lowest BCUT2D eigenvalue weighted by molar-refractivity contribution is -0.232. The van der Waals surface area contributed by atoms with Crippen molar-refractivity contribution in [2.75, 3.05) is 13.2 Å². The summed E-state index contributed by atoms with van der Waals surface area (Å²) in [6, 6.07) is 7.20. The zero-order valence-electron chi connectivity index (χ0n) is 15.5. The van der Waals surface area contributed by atoms with E-state index in [4.69, 9.17) is 9.47 Å². The first kappa shape index (κ1) is 21.1. The van der Waals surface area contributed by atoms with Crippen molar-refractivity contribution >= 4 is 0 Å². The fourth-order valence-electron chi connectivity index (χ4n) is 3.27. The van der Waals surface area contributed by atoms with Crippen LogP contribution in [0.3, 0.4) is 0 Å². The maximum absolute atomic E-state index is 10.3. The molecule has 5 atom stereocenters. The summed E-state index contributed by atoms with van der Waals surface area (Å²) in [6.07, 6.45) is 1.16. The Morgan fingerprint density at radius 1 is 0.923 bits per heavy atom. The summed E-state index contributed by atoms with van der Waals surface area (Å²) in [5.41, 5.74) is 0.607. The van der Waals surface area contributed by atoms with E-state index in [1.807, 2.05) is 6.07 Å². The molecule has 1 heterocycles. The number of unbranched alkanes of at least 4 members (excludes halogenated alkanes) is 5. The van der Waals surface area contributed by atoms with Crippen LogP contribution in [0, 0.1) is 0 Å². The number of ether oxygens (including phenoxy) is 2. The normalized spacial score (nSPS) is 28.9. The van der Waals surface area contributed by atoms with E-state index in [2.05, 4.69) is 6.92 Å². The molecule has 0 bridgehead atoms. The zero-order chi connectivity index (χ0) is 18.9. The lowest BCUT2D eigenvalue weighted by Gasteiger charge is -2.40. The van der Waals surface area contributed by atoms with E-state index in [-0.39, 0.29) is 0 Å². The quantitative estimate of drug-likeness (QED) is 0.471. The predicted molar refractivity (Wildman–Crippen MR) is 98.0 cm³/mol. The lowest BCUT2D eigenvalue weighted by Crippen LogP contribution is -2.55. The van der Waals surface area contributed by atoms with Gasteiger partial charge in [0.15, 0.2) is 0 Å². The Kier molecular flexibility index (Phi) is 8.81. The molecular weight excluding hydrogens is 336 g/mol. The minimum absolute atomic E-state index is 0.442. The topological polar surface area (TPSA) is 99.4 Å². The summed E-state index contributed by atoms with van der Waals surface area (Å²) in [5, 5.41) is 39.6. The second-order valence-electron chi connectivity index (χ2n) is 6.90. The molecule has 26 heavy (non-hydrogen) atoms. The number of hydrogen-bond acceptors (Lipinski definition) is 6. The highest BCUT2D eigenvalue weighted by Gasteiger charge is 2.44. The minimum Gasteiger partial charge on any atom is -0.493 e. The Morgan fingerprint density at radius 3 is 2.35 bits per heavy atom. The van der Waals surface area contributed by atoms with E-state index in [1.54, 1.807) is 18.2 Å². The van der Waals surface area contributed by atoms with E-state index >= 15 is 0 Å². The fourth-order valence-corrected chi connectivity index (χ4v) is 3.27. The van der Waals surface area contributed by atoms with Crippen LogP contribution in [0.15, 0.2) is 24.3 Å². The van der Waals surface area contributed by atoms with Crippen LogP contribution in [-0.2, 0) is 4.74 Å². The van der Waals surface area contributed by atoms with Gasteiger partial charge in [-0.25, -0.2) is 0 Å². The van der Waals surface area contributed by atoms with Crippen molar-refractivity contribution in [3.8, 4) is 5.75 Å². The highest BCUT2D eigenvalue weighted by atomic mass is 16.5. The summed E-state index contributed by atoms with van der Waals surface area (Å²) >= 11 is 0. The van der Waals surface area contributed by atoms with Crippen molar-refractivity contribution in [3.63, 3.8) is 0 Å². The van der Waals surface area contributed by atoms with E-state index in [0.29, 0.717) is 17.9 Å². The minimum atomic E-state index is -1.39. The van der Waals surface area contributed by atoms with Gasteiger partial charge in [0.05, 0.1) is 13.2 Å². The third-order valence-electron chi connectivity index (χ3n) is 4.87. The summed E-state index contributed by atoms with van der Waals surface area (Å²) in [7, 11) is 0. The van der Waals surface area contributed by atoms with Gasteiger partial charge in [-0.15, -0.1) is 0 Å². The molecule has 6 heteroatoms. The van der Waals surface area contributed by atoms with E-state index < -0.39 is 37.1 Å². The monoisotopic (exact) mass is 368 g/mol. The second kappa shape index (κ2) is 10.8. The first-order chi connectivity index (χ1) is 12.6. The molecular formula is C20H32O6. The number of rotatable bonds is 10. The Hall–Kier alpha value is -1.18. The van der Waals surface area contributed by atoms with E-state index in [1.165, 1.54) is 25.7 Å². The molecule has 4 N–H and O–H groups in total. The van der Waals surface area contributed by atoms with E-state index in [9.17, 15) is 20.4 Å². The SMILES string of the molecule is CCCCCCCCOc1ccccc1[C@H]1O[C@H](CO)[C@H](O)[C@H](O)[C@H]1O. The second-order valence-corrected chi connectivity index (χ2v) is 6.90. The molecule has 1 saturated heterocycles. The fraction of sp³-hybridized carbons (Fsp3) is 0.700. The van der Waals surface area contributed by atoms with Crippen molar-refractivity contribution in [1.29, 1.82) is 0 Å². The summed E-state index contributed by atoms with van der Waals surface area (Å²) in [4.78, 5) is 0. The van der Waals surface area contributed by atoms with Crippen LogP contribution in [0.25, 0.3) is 0 Å². The van der Waals surface area contributed by atoms with Gasteiger partial charge in [-0.1, -0.05) is 57.2 Å². The molecule has 1 aromatic carbocycles. The van der Waals surface area contributed by atoms with Gasteiger partial charge < -0.3 is 29.9 Å². The van der Waals surface area contributed by atoms with Gasteiger partial charge in [0.25, 0.3) is 0 Å². The lowest BCUT2D eigenvalue weighted by atomic mass is 9.91. The third-order valence-corrected chi connectivity index (χ3v) is 4.87. The Labute approximate surface area is 155 Å². The number of aliphatic hydroxyl groups excluding tert-OH is 4. The molecule has 1 aliphatic rings. The largest absolute Gasteiger partial charge is 0.493 e. The van der Waals surface area contributed by atoms with Gasteiger partial charge in [-0.05, 0) is 12.5 Å². The van der Waals surface area contributed by atoms with E-state index in [0.717, 1.165) is 12.8 Å². The number of benzene rings is 1. The first-order valence-corrected chi connectivity index (χ1v) is 9.62. The molecule has 0 aromatic heterocycles. The molecule has 0 unspecified atom stereocenters. The van der Waals surface area contributed by atoms with Gasteiger partial charge in [-0.3, -0.25) is 0 Å². The Balaban J connectivity index is 1.97. The van der Waals surface area contributed by atoms with Crippen molar-refractivity contribution in [2.24, 2.45) is 0 Å². The molecule has 0 amide bonds. The molecule has 0 aliphatic carbocycles. The van der Waals surface area contributed by atoms with Crippen LogP contribution in [-0.4, -0.2) is 58.1 Å². The Bertz CT molecular complexity index is 521. The van der Waals surface area contributed by atoms with Crippen LogP contribution in [0.2, 0.25) is 0 Å². The summed E-state index contributed by atoms with van der Waals surface area (Å²) < 4.78 is 11.5. The van der Waals surface area contributed by atoms with Crippen molar-refractivity contribution < 1.29 is 29.9 Å². The van der Waals surface area contributed by atoms with Crippen LogP contribution in [0.1, 0.15) is 57.1 Å². The standard InChI is InChI=1S/C20H32O6/c1-2-3-4-5-6-9-12-25-15-11-8-7-10-14(15)20-19(24)18(23)17(22)16(13-21)26-20/h7-8,10-11,16-24H,2-6,9,12-13H2,1H3/t16-,17+,18+,19-,20-/m1/s1. The van der Waals surface area contributed by atoms with Crippen molar-refractivity contribution in [1.82, 2.24) is 0 Å². The third kappa shape index (κ3) is 5.41. The average Bonchev–Trinajstić information content (AvgIpc) is 2.66. The van der Waals surface area contributed by atoms with Crippen LogP contribution < -0.4 is 4.74 Å². The smallest absolute Gasteiger partial charge is 0.125 e. The Morgan fingerprint density at radius 2 is 1.62 bits per heavy atom. The highest BCUT2D eigenvalue weighted by Crippen LogP contribution is 2.36. The van der Waals surface area contributed by atoms with Gasteiger partial charge >= 0.3 is 0 Å². The molecule has 1 aromatic rings.